The third-order valence-electron chi connectivity index (χ3n) is 3.64. The summed E-state index contributed by atoms with van der Waals surface area (Å²) in [4.78, 5) is 27.8. The Labute approximate surface area is 123 Å². The molecule has 2 rings (SSSR count). The summed E-state index contributed by atoms with van der Waals surface area (Å²) < 4.78 is 6.32. The van der Waals surface area contributed by atoms with Crippen LogP contribution in [0.25, 0.3) is 10.4 Å². The molecule has 22 heavy (non-hydrogen) atoms. The van der Waals surface area contributed by atoms with Crippen LogP contribution >= 0.6 is 0 Å². The third kappa shape index (κ3) is 2.40. The van der Waals surface area contributed by atoms with Gasteiger partial charge >= 0.3 is 5.69 Å². The van der Waals surface area contributed by atoms with Gasteiger partial charge < -0.3 is 20.1 Å². The number of H-pyrrole nitrogens is 1. The third-order valence-corrected chi connectivity index (χ3v) is 3.64. The maximum atomic E-state index is 11.9. The summed E-state index contributed by atoms with van der Waals surface area (Å²) in [6.45, 7) is -0.0258. The van der Waals surface area contributed by atoms with Crippen LogP contribution in [0.1, 0.15) is 11.8 Å². The Hall–Kier alpha value is -2.17. The molecule has 1 aromatic heterocycles. The second-order valence-electron chi connectivity index (χ2n) is 5.01. The molecule has 0 aromatic carbocycles. The lowest BCUT2D eigenvalue weighted by molar-refractivity contribution is -0.132. The molecule has 1 aromatic rings. The summed E-state index contributed by atoms with van der Waals surface area (Å²) in [5.41, 5.74) is 5.60. The predicted molar refractivity (Wildman–Crippen MR) is 72.0 cm³/mol. The first kappa shape index (κ1) is 16.2. The second-order valence-corrected chi connectivity index (χ2v) is 5.01. The van der Waals surface area contributed by atoms with Crippen LogP contribution in [0.15, 0.2) is 20.9 Å². The molecular formula is C11H15N5O6. The van der Waals surface area contributed by atoms with Gasteiger partial charge in [-0.1, -0.05) is 5.11 Å². The lowest BCUT2D eigenvalue weighted by Gasteiger charge is -2.27. The lowest BCUT2D eigenvalue weighted by Crippen LogP contribution is -2.48. The van der Waals surface area contributed by atoms with Crippen LogP contribution in [0.2, 0.25) is 0 Å². The quantitative estimate of drug-likeness (QED) is 0.288. The Kier molecular flexibility index (Phi) is 4.35. The number of aryl methyl sites for hydroxylation is 1. The second kappa shape index (κ2) is 5.91. The molecular weight excluding hydrogens is 298 g/mol. The number of rotatable bonds is 4. The van der Waals surface area contributed by atoms with Crippen molar-refractivity contribution in [1.29, 1.82) is 0 Å². The molecule has 1 aliphatic rings. The minimum absolute atomic E-state index is 0.196. The number of azide groups is 1. The van der Waals surface area contributed by atoms with Gasteiger partial charge in [0.1, 0.15) is 17.7 Å². The fraction of sp³-hybridized carbons (Fsp3) is 0.636. The van der Waals surface area contributed by atoms with E-state index in [1.165, 1.54) is 13.1 Å². The molecule has 120 valence electrons. The molecule has 0 spiro atoms. The molecule has 0 radical (unpaired) electrons. The maximum absolute atomic E-state index is 11.9. The zero-order valence-corrected chi connectivity index (χ0v) is 11.6. The van der Waals surface area contributed by atoms with Gasteiger partial charge in [0.25, 0.3) is 5.56 Å². The van der Waals surface area contributed by atoms with E-state index in [9.17, 15) is 24.9 Å². The highest BCUT2D eigenvalue weighted by Crippen LogP contribution is 2.38. The normalized spacial score (nSPS) is 26.6. The van der Waals surface area contributed by atoms with Gasteiger partial charge in [0.2, 0.25) is 0 Å². The van der Waals surface area contributed by atoms with Crippen molar-refractivity contribution in [1.82, 2.24) is 9.55 Å². The van der Waals surface area contributed by atoms with Gasteiger partial charge in [0.15, 0.2) is 6.23 Å². The zero-order chi connectivity index (χ0) is 16.5. The molecule has 11 nitrogen and oxygen atoms in total. The van der Waals surface area contributed by atoms with Crippen LogP contribution < -0.4 is 11.2 Å². The monoisotopic (exact) mass is 313 g/mol. The van der Waals surface area contributed by atoms with E-state index in [4.69, 9.17) is 10.3 Å². The van der Waals surface area contributed by atoms with Crippen molar-refractivity contribution in [3.63, 3.8) is 0 Å². The van der Waals surface area contributed by atoms with E-state index in [0.717, 1.165) is 4.57 Å². The predicted octanol–water partition coefficient (Wildman–Crippen LogP) is -1.86. The van der Waals surface area contributed by atoms with Crippen molar-refractivity contribution < 1.29 is 20.1 Å². The lowest BCUT2D eigenvalue weighted by atomic mass is 9.95. The fourth-order valence-electron chi connectivity index (χ4n) is 2.38. The van der Waals surface area contributed by atoms with Crippen molar-refractivity contribution in [3.8, 4) is 0 Å². The number of hydrogen-bond acceptors (Lipinski definition) is 7. The van der Waals surface area contributed by atoms with E-state index in [-0.39, 0.29) is 5.56 Å². The Balaban J connectivity index is 2.54. The fourth-order valence-corrected chi connectivity index (χ4v) is 2.38. The van der Waals surface area contributed by atoms with Gasteiger partial charge in [-0.2, -0.15) is 0 Å². The van der Waals surface area contributed by atoms with Crippen molar-refractivity contribution in [2.75, 3.05) is 13.2 Å². The molecule has 2 heterocycles. The Bertz CT molecular complexity index is 716. The van der Waals surface area contributed by atoms with Crippen LogP contribution in [0.4, 0.5) is 0 Å². The van der Waals surface area contributed by atoms with Crippen molar-refractivity contribution >= 4 is 0 Å². The molecule has 0 aliphatic carbocycles. The van der Waals surface area contributed by atoms with Crippen LogP contribution in [-0.2, 0) is 4.74 Å². The molecule has 0 bridgehead atoms. The van der Waals surface area contributed by atoms with Gasteiger partial charge in [0.05, 0.1) is 13.2 Å². The summed E-state index contributed by atoms with van der Waals surface area (Å²) in [5.74, 6) is 0. The highest BCUT2D eigenvalue weighted by Gasteiger charge is 2.55. The van der Waals surface area contributed by atoms with Crippen LogP contribution in [-0.4, -0.2) is 55.8 Å². The molecule has 1 fully saturated rings. The summed E-state index contributed by atoms with van der Waals surface area (Å²) in [6.07, 6.45) is -1.66. The van der Waals surface area contributed by atoms with Crippen LogP contribution in [0.5, 0.6) is 0 Å². The highest BCUT2D eigenvalue weighted by atomic mass is 16.6. The van der Waals surface area contributed by atoms with E-state index < -0.39 is 48.4 Å². The van der Waals surface area contributed by atoms with Crippen molar-refractivity contribution in [3.05, 3.63) is 43.0 Å². The molecule has 3 atom stereocenters. The minimum atomic E-state index is -1.74. The molecule has 1 saturated heterocycles. The largest absolute Gasteiger partial charge is 0.393 e. The van der Waals surface area contributed by atoms with E-state index >= 15 is 0 Å². The first-order valence-corrected chi connectivity index (χ1v) is 6.34. The number of hydrogen-bond donors (Lipinski definition) is 4. The number of aromatic nitrogens is 2. The molecule has 4 N–H and O–H groups in total. The van der Waals surface area contributed by atoms with Gasteiger partial charge in [-0.25, -0.2) is 4.79 Å². The topological polar surface area (TPSA) is 174 Å². The molecule has 1 aliphatic heterocycles. The van der Waals surface area contributed by atoms with Gasteiger partial charge in [-0.15, -0.1) is 0 Å². The number of aliphatic hydroxyl groups excluding tert-OH is 3. The van der Waals surface area contributed by atoms with E-state index in [2.05, 4.69) is 10.0 Å². The standard InChI is InChI=1S/C11H15N5O6/c1-5-2-16(10(21)13-8(5)20)9-6(19)7(14-15-12)11(3-17,4-18)22-9/h2,6-7,9,17-19H,3-4H2,1H3,(H,13,20,21)/t6-,7+,9-/m1/s1. The average molecular weight is 313 g/mol. The highest BCUT2D eigenvalue weighted by molar-refractivity contribution is 5.08. The minimum Gasteiger partial charge on any atom is -0.393 e. The Morgan fingerprint density at radius 1 is 1.50 bits per heavy atom. The van der Waals surface area contributed by atoms with Crippen LogP contribution in [0.3, 0.4) is 0 Å². The summed E-state index contributed by atoms with van der Waals surface area (Å²) >= 11 is 0. The SMILES string of the molecule is Cc1cn([C@@H]2OC(CO)(CO)[C@@H](N=[N+]=[N-])[C@H]2O)c(=O)[nH]c1=O. The number of aromatic amines is 1. The number of ether oxygens (including phenoxy) is 1. The summed E-state index contributed by atoms with van der Waals surface area (Å²) in [5, 5.41) is 32.5. The van der Waals surface area contributed by atoms with Gasteiger partial charge in [-0.3, -0.25) is 14.3 Å². The summed E-state index contributed by atoms with van der Waals surface area (Å²) in [6, 6.07) is -1.31. The van der Waals surface area contributed by atoms with Crippen molar-refractivity contribution in [2.45, 2.75) is 30.9 Å². The van der Waals surface area contributed by atoms with Gasteiger partial charge in [0, 0.05) is 16.7 Å². The Morgan fingerprint density at radius 3 is 2.68 bits per heavy atom. The molecule has 11 heteroatoms. The zero-order valence-electron chi connectivity index (χ0n) is 11.6. The van der Waals surface area contributed by atoms with Crippen molar-refractivity contribution in [2.24, 2.45) is 5.11 Å². The average Bonchev–Trinajstić information content (AvgIpc) is 2.77. The molecule has 0 unspecified atom stereocenters. The van der Waals surface area contributed by atoms with Crippen LogP contribution in [0, 0.1) is 6.92 Å². The number of nitrogens with one attached hydrogen (secondary N) is 1. The molecule has 0 amide bonds. The maximum Gasteiger partial charge on any atom is 0.330 e. The molecule has 0 saturated carbocycles. The van der Waals surface area contributed by atoms with E-state index in [1.54, 1.807) is 0 Å². The van der Waals surface area contributed by atoms with E-state index in [1.807, 2.05) is 4.98 Å². The number of nitrogens with zero attached hydrogens (tertiary/aromatic N) is 4. The first-order valence-electron chi connectivity index (χ1n) is 6.34. The van der Waals surface area contributed by atoms with Gasteiger partial charge in [-0.05, 0) is 12.5 Å². The smallest absolute Gasteiger partial charge is 0.330 e. The van der Waals surface area contributed by atoms with E-state index in [0.29, 0.717) is 0 Å². The number of aliphatic hydroxyl groups is 3. The summed E-state index contributed by atoms with van der Waals surface area (Å²) in [7, 11) is 0. The first-order chi connectivity index (χ1) is 10.4. The Morgan fingerprint density at radius 2 is 2.14 bits per heavy atom.